The molecule has 2 atom stereocenters. The predicted molar refractivity (Wildman–Crippen MR) is 173 cm³/mol. The summed E-state index contributed by atoms with van der Waals surface area (Å²) in [5, 5.41) is 21.8. The van der Waals surface area contributed by atoms with Gasteiger partial charge in [-0.2, -0.15) is 0 Å². The monoisotopic (exact) mass is 733 g/mol. The third kappa shape index (κ3) is 5.96. The van der Waals surface area contributed by atoms with Gasteiger partial charge in [0, 0.05) is 11.6 Å². The maximum atomic E-state index is 14.8. The number of pyridine rings is 2. The van der Waals surface area contributed by atoms with Gasteiger partial charge in [0.25, 0.3) is 5.91 Å². The highest BCUT2D eigenvalue weighted by Gasteiger charge is 2.57. The smallest absolute Gasteiger partial charge is 0.337 e. The Morgan fingerprint density at radius 3 is 2.07 bits per heavy atom. The van der Waals surface area contributed by atoms with Gasteiger partial charge in [0.1, 0.15) is 32.1 Å². The Kier molecular flexibility index (Phi) is 7.87. The van der Waals surface area contributed by atoms with E-state index in [0.717, 1.165) is 19.3 Å². The van der Waals surface area contributed by atoms with Crippen LogP contribution in [0.2, 0.25) is 0 Å². The molecule has 2 N–H and O–H groups in total. The number of anilines is 1. The van der Waals surface area contributed by atoms with Crippen molar-refractivity contribution < 1.29 is 29.3 Å². The summed E-state index contributed by atoms with van der Waals surface area (Å²) >= 11 is 6.66. The maximum Gasteiger partial charge on any atom is 0.337 e. The molecule has 8 rings (SSSR count). The molecular weight excluding hydrogens is 706 g/mol. The van der Waals surface area contributed by atoms with E-state index in [2.05, 4.69) is 41.8 Å². The predicted octanol–water partition coefficient (Wildman–Crippen LogP) is 7.87. The summed E-state index contributed by atoms with van der Waals surface area (Å²) in [6.45, 7) is 0. The Bertz CT molecular complexity index is 1750. The zero-order valence-electron chi connectivity index (χ0n) is 24.0. The van der Waals surface area contributed by atoms with Gasteiger partial charge in [0.05, 0.1) is 23.6 Å². The second-order valence-corrected chi connectivity index (χ2v) is 13.8. The number of carbonyl (C=O) groups excluding carboxylic acids is 1. The molecule has 2 aromatic heterocycles. The lowest BCUT2D eigenvalue weighted by molar-refractivity contribution is -0.132. The van der Waals surface area contributed by atoms with Crippen LogP contribution in [0.3, 0.4) is 0 Å². The highest BCUT2D eigenvalue weighted by molar-refractivity contribution is 9.10. The number of nitrogens with zero attached hydrogens (tertiary/aromatic N) is 3. The van der Waals surface area contributed by atoms with Crippen molar-refractivity contribution in [3.63, 3.8) is 0 Å². The largest absolute Gasteiger partial charge is 0.478 e. The van der Waals surface area contributed by atoms with E-state index in [4.69, 9.17) is 9.47 Å². The fraction of sp³-hybridized carbons (Fsp3) is 0.294. The highest BCUT2D eigenvalue weighted by Crippen LogP contribution is 2.58. The van der Waals surface area contributed by atoms with Gasteiger partial charge in [-0.3, -0.25) is 4.79 Å². The standard InChI is InChI=1S/C34H29Br2N3O6/c35-28-9-7-24(17-37-28)44-23-4-1-3-20(13-23)32(40)39(30-21-11-19-12-22(30)16-34(43,14-19)15-21)31-26(33(41)42)5-2-6-27(31)45-25-8-10-29(36)38-18-25/h1-10,13,17-19,21-22,30,43H,11-12,14-16H2,(H,41,42). The number of halogens is 2. The quantitative estimate of drug-likeness (QED) is 0.176. The van der Waals surface area contributed by atoms with Crippen molar-refractivity contribution in [3.05, 3.63) is 99.5 Å². The molecule has 11 heteroatoms. The number of aliphatic hydroxyl groups is 1. The average molecular weight is 735 g/mol. The molecule has 4 bridgehead atoms. The fourth-order valence-electron chi connectivity index (χ4n) is 7.73. The maximum absolute atomic E-state index is 14.8. The SMILES string of the molecule is O=C(O)c1cccc(Oc2ccc(Br)nc2)c1N(C(=O)c1cccc(Oc2ccc(Br)nc2)c1)C1C2CC3CC1CC(O)(C3)C2. The van der Waals surface area contributed by atoms with Crippen LogP contribution in [0.1, 0.15) is 52.8 Å². The molecule has 0 aliphatic heterocycles. The first-order valence-corrected chi connectivity index (χ1v) is 16.4. The van der Waals surface area contributed by atoms with E-state index in [9.17, 15) is 19.8 Å². The topological polar surface area (TPSA) is 122 Å². The number of carboxylic acids is 1. The van der Waals surface area contributed by atoms with Crippen molar-refractivity contribution in [2.45, 2.75) is 43.7 Å². The molecule has 2 aromatic carbocycles. The second kappa shape index (κ2) is 11.9. The molecule has 4 aliphatic carbocycles. The molecule has 2 unspecified atom stereocenters. The first-order chi connectivity index (χ1) is 21.7. The summed E-state index contributed by atoms with van der Waals surface area (Å²) in [4.78, 5) is 37.7. The first-order valence-electron chi connectivity index (χ1n) is 14.8. The van der Waals surface area contributed by atoms with E-state index < -0.39 is 11.6 Å². The van der Waals surface area contributed by atoms with Crippen LogP contribution >= 0.6 is 31.9 Å². The van der Waals surface area contributed by atoms with Gasteiger partial charge in [0.2, 0.25) is 0 Å². The van der Waals surface area contributed by atoms with Crippen LogP contribution < -0.4 is 14.4 Å². The molecule has 230 valence electrons. The molecule has 2 heterocycles. The van der Waals surface area contributed by atoms with Crippen molar-refractivity contribution in [1.29, 1.82) is 0 Å². The van der Waals surface area contributed by atoms with Gasteiger partial charge in [0.15, 0.2) is 5.75 Å². The second-order valence-electron chi connectivity index (χ2n) is 12.2. The summed E-state index contributed by atoms with van der Waals surface area (Å²) in [6.07, 6.45) is 6.76. The minimum atomic E-state index is -1.18. The molecule has 0 spiro atoms. The highest BCUT2D eigenvalue weighted by atomic mass is 79.9. The third-order valence-electron chi connectivity index (χ3n) is 9.12. The van der Waals surface area contributed by atoms with Gasteiger partial charge >= 0.3 is 5.97 Å². The number of aromatic carboxylic acids is 1. The number of carbonyl (C=O) groups is 2. The molecule has 0 saturated heterocycles. The Balaban J connectivity index is 1.34. The average Bonchev–Trinajstić information content (AvgIpc) is 3.00. The van der Waals surface area contributed by atoms with Crippen molar-refractivity contribution in [2.75, 3.05) is 4.90 Å². The Hall–Kier alpha value is -3.80. The molecule has 1 amide bonds. The number of aromatic nitrogens is 2. The Labute approximate surface area is 276 Å². The van der Waals surface area contributed by atoms with E-state index >= 15 is 0 Å². The van der Waals surface area contributed by atoms with Crippen LogP contribution in [0.4, 0.5) is 5.69 Å². The van der Waals surface area contributed by atoms with Crippen LogP contribution in [0.25, 0.3) is 0 Å². The molecule has 4 fully saturated rings. The number of amides is 1. The van der Waals surface area contributed by atoms with Crippen LogP contribution in [-0.2, 0) is 0 Å². The number of rotatable bonds is 8. The first kappa shape index (κ1) is 29.9. The van der Waals surface area contributed by atoms with Gasteiger partial charge in [-0.15, -0.1) is 0 Å². The van der Waals surface area contributed by atoms with E-state index in [1.165, 1.54) is 12.3 Å². The number of ether oxygens (including phenoxy) is 2. The van der Waals surface area contributed by atoms with Crippen molar-refractivity contribution in [3.8, 4) is 23.0 Å². The van der Waals surface area contributed by atoms with E-state index in [0.29, 0.717) is 50.8 Å². The molecular formula is C34H29Br2N3O6. The third-order valence-corrected chi connectivity index (χ3v) is 10.1. The summed E-state index contributed by atoms with van der Waals surface area (Å²) < 4.78 is 13.6. The minimum Gasteiger partial charge on any atom is -0.478 e. The molecule has 9 nitrogen and oxygen atoms in total. The summed E-state index contributed by atoms with van der Waals surface area (Å²) in [6, 6.07) is 18.3. The number of hydrogen-bond acceptors (Lipinski definition) is 7. The van der Waals surface area contributed by atoms with Gasteiger partial charge < -0.3 is 24.6 Å². The Morgan fingerprint density at radius 2 is 1.47 bits per heavy atom. The van der Waals surface area contributed by atoms with Crippen molar-refractivity contribution >= 4 is 49.4 Å². The van der Waals surface area contributed by atoms with E-state index in [1.807, 2.05) is 0 Å². The number of carboxylic acid groups (broad SMARTS) is 1. The minimum absolute atomic E-state index is 0.00233. The lowest BCUT2D eigenvalue weighted by Gasteiger charge is -2.60. The Morgan fingerprint density at radius 1 is 0.822 bits per heavy atom. The number of para-hydroxylation sites is 1. The number of hydrogen-bond donors (Lipinski definition) is 2. The summed E-state index contributed by atoms with van der Waals surface area (Å²) in [5.41, 5.74) is -0.276. The zero-order chi connectivity index (χ0) is 31.3. The van der Waals surface area contributed by atoms with Crippen LogP contribution in [-0.4, -0.2) is 43.7 Å². The normalized spacial score (nSPS) is 24.7. The lowest BCUT2D eigenvalue weighted by Crippen LogP contribution is -2.63. The van der Waals surface area contributed by atoms with Crippen LogP contribution in [0.5, 0.6) is 23.0 Å². The molecule has 4 saturated carbocycles. The van der Waals surface area contributed by atoms with Gasteiger partial charge in [-0.25, -0.2) is 14.8 Å². The van der Waals surface area contributed by atoms with Gasteiger partial charge in [-0.05, 0) is 136 Å². The number of benzene rings is 2. The summed E-state index contributed by atoms with van der Waals surface area (Å²) in [7, 11) is 0. The van der Waals surface area contributed by atoms with E-state index in [-0.39, 0.29) is 40.8 Å². The van der Waals surface area contributed by atoms with Gasteiger partial charge in [-0.1, -0.05) is 12.1 Å². The molecule has 45 heavy (non-hydrogen) atoms. The fourth-order valence-corrected chi connectivity index (χ4v) is 8.20. The lowest BCUT2D eigenvalue weighted by atomic mass is 9.52. The zero-order valence-corrected chi connectivity index (χ0v) is 27.1. The van der Waals surface area contributed by atoms with Crippen molar-refractivity contribution in [1.82, 2.24) is 9.97 Å². The van der Waals surface area contributed by atoms with Crippen LogP contribution in [0.15, 0.2) is 88.3 Å². The molecule has 4 aromatic rings. The molecule has 4 aliphatic rings. The van der Waals surface area contributed by atoms with Crippen LogP contribution in [0, 0.1) is 17.8 Å². The summed E-state index contributed by atoms with van der Waals surface area (Å²) in [5.74, 6) is 0.412. The van der Waals surface area contributed by atoms with Crippen molar-refractivity contribution in [2.24, 2.45) is 17.8 Å². The van der Waals surface area contributed by atoms with E-state index in [1.54, 1.807) is 71.8 Å². The molecule has 0 radical (unpaired) electrons.